The smallest absolute Gasteiger partial charge is 0.270 e. The van der Waals surface area contributed by atoms with Gasteiger partial charge in [-0.3, -0.25) is 15.5 Å². The Kier molecular flexibility index (Phi) is 6.24. The van der Waals surface area contributed by atoms with Gasteiger partial charge in [0.05, 0.1) is 24.4 Å². The van der Waals surface area contributed by atoms with E-state index in [-0.39, 0.29) is 5.69 Å². The lowest BCUT2D eigenvalue weighted by molar-refractivity contribution is -0.384. The second-order valence-electron chi connectivity index (χ2n) is 4.83. The maximum atomic E-state index is 11.0. The van der Waals surface area contributed by atoms with Crippen LogP contribution in [0.2, 0.25) is 0 Å². The zero-order valence-corrected chi connectivity index (χ0v) is 13.6. The Bertz CT molecular complexity index is 602. The minimum atomic E-state index is -0.420. The Morgan fingerprint density at radius 3 is 2.91 bits per heavy atom. The number of nitrogens with zero attached hydrogens (tertiary/aromatic N) is 3. The van der Waals surface area contributed by atoms with Gasteiger partial charge in [0.2, 0.25) is 0 Å². The van der Waals surface area contributed by atoms with Gasteiger partial charge >= 0.3 is 0 Å². The highest BCUT2D eigenvalue weighted by Crippen LogP contribution is 2.25. The van der Waals surface area contributed by atoms with Crippen LogP contribution in [0.5, 0.6) is 0 Å². The number of non-ortho nitro benzene ring substituents is 1. The van der Waals surface area contributed by atoms with Crippen LogP contribution in [0.15, 0.2) is 23.3 Å². The lowest BCUT2D eigenvalue weighted by Gasteiger charge is -2.29. The highest BCUT2D eigenvalue weighted by molar-refractivity contribution is 7.80. The monoisotopic (exact) mass is 337 g/mol. The molecule has 0 aromatic heterocycles. The van der Waals surface area contributed by atoms with Crippen LogP contribution in [0.4, 0.5) is 11.4 Å². The van der Waals surface area contributed by atoms with E-state index in [1.807, 2.05) is 6.92 Å². The first kappa shape index (κ1) is 17.1. The summed E-state index contributed by atoms with van der Waals surface area (Å²) in [7, 11) is 0. The summed E-state index contributed by atoms with van der Waals surface area (Å²) < 4.78 is 5.34. The van der Waals surface area contributed by atoms with E-state index >= 15 is 0 Å². The van der Waals surface area contributed by atoms with Gasteiger partial charge in [0, 0.05) is 43.0 Å². The zero-order chi connectivity index (χ0) is 16.7. The molecule has 0 bridgehead atoms. The van der Waals surface area contributed by atoms with Crippen LogP contribution in [-0.4, -0.2) is 49.1 Å². The van der Waals surface area contributed by atoms with E-state index in [1.165, 1.54) is 12.1 Å². The molecule has 9 heteroatoms. The molecule has 2 N–H and O–H groups in total. The second kappa shape index (κ2) is 8.39. The van der Waals surface area contributed by atoms with Gasteiger partial charge in [-0.25, -0.2) is 0 Å². The summed E-state index contributed by atoms with van der Waals surface area (Å²) in [5, 5.41) is 18.4. The van der Waals surface area contributed by atoms with Crippen molar-refractivity contribution >= 4 is 34.9 Å². The summed E-state index contributed by atoms with van der Waals surface area (Å²) in [4.78, 5) is 12.7. The molecule has 1 aliphatic rings. The molecule has 1 heterocycles. The summed E-state index contributed by atoms with van der Waals surface area (Å²) in [6.45, 7) is 5.36. The number of benzene rings is 1. The molecular formula is C14H19N5O3S. The third kappa shape index (κ3) is 4.86. The quantitative estimate of drug-likeness (QED) is 0.361. The van der Waals surface area contributed by atoms with E-state index in [1.54, 1.807) is 12.3 Å². The summed E-state index contributed by atoms with van der Waals surface area (Å²) in [5.41, 5.74) is 4.26. The molecule has 1 aromatic carbocycles. The van der Waals surface area contributed by atoms with Crippen LogP contribution in [0.3, 0.4) is 0 Å². The molecule has 0 saturated carbocycles. The van der Waals surface area contributed by atoms with Crippen LogP contribution in [0.25, 0.3) is 0 Å². The number of hydrogen-bond acceptors (Lipinski definition) is 6. The average molecular weight is 337 g/mol. The third-order valence-corrected chi connectivity index (χ3v) is 3.52. The third-order valence-electron chi connectivity index (χ3n) is 3.28. The van der Waals surface area contributed by atoms with E-state index < -0.39 is 4.92 Å². The lowest BCUT2D eigenvalue weighted by Crippen LogP contribution is -2.36. The van der Waals surface area contributed by atoms with Crippen LogP contribution in [-0.2, 0) is 4.74 Å². The Hall–Kier alpha value is -2.26. The highest BCUT2D eigenvalue weighted by Gasteiger charge is 2.17. The van der Waals surface area contributed by atoms with Gasteiger partial charge in [0.15, 0.2) is 5.11 Å². The average Bonchev–Trinajstić information content (AvgIpc) is 2.56. The molecule has 0 unspecified atom stereocenters. The number of nitrogens with one attached hydrogen (secondary N) is 2. The Balaban J connectivity index is 2.21. The van der Waals surface area contributed by atoms with Crippen molar-refractivity contribution in [3.05, 3.63) is 33.9 Å². The first-order valence-corrected chi connectivity index (χ1v) is 7.70. The maximum Gasteiger partial charge on any atom is 0.270 e. The van der Waals surface area contributed by atoms with Crippen molar-refractivity contribution in [2.75, 3.05) is 37.7 Å². The number of hydrogen-bond donors (Lipinski definition) is 2. The van der Waals surface area contributed by atoms with Crippen molar-refractivity contribution in [3.63, 3.8) is 0 Å². The van der Waals surface area contributed by atoms with Crippen LogP contribution in [0, 0.1) is 10.1 Å². The molecule has 1 fully saturated rings. The highest BCUT2D eigenvalue weighted by atomic mass is 32.1. The summed E-state index contributed by atoms with van der Waals surface area (Å²) >= 11 is 5.02. The van der Waals surface area contributed by atoms with Gasteiger partial charge in [-0.1, -0.05) is 0 Å². The van der Waals surface area contributed by atoms with E-state index in [2.05, 4.69) is 20.7 Å². The number of nitro groups is 1. The van der Waals surface area contributed by atoms with E-state index in [4.69, 9.17) is 17.0 Å². The fraction of sp³-hybridized carbons (Fsp3) is 0.429. The standard InChI is InChI=1S/C14H19N5O3S/c1-2-15-14(23)17-16-10-11-9-12(19(20)21)3-4-13(11)18-5-7-22-8-6-18/h3-4,9-10H,2,5-8H2,1H3,(H2,15,17,23)/b16-10+. The van der Waals surface area contributed by atoms with Gasteiger partial charge in [-0.15, -0.1) is 0 Å². The van der Waals surface area contributed by atoms with Crippen molar-refractivity contribution in [2.24, 2.45) is 5.10 Å². The molecule has 23 heavy (non-hydrogen) atoms. The van der Waals surface area contributed by atoms with Gasteiger partial charge in [-0.2, -0.15) is 5.10 Å². The van der Waals surface area contributed by atoms with Gasteiger partial charge in [0.25, 0.3) is 5.69 Å². The molecule has 0 spiro atoms. The number of ether oxygens (including phenoxy) is 1. The number of hydrazone groups is 1. The number of anilines is 1. The Morgan fingerprint density at radius 1 is 1.52 bits per heavy atom. The minimum Gasteiger partial charge on any atom is -0.378 e. The molecule has 1 aliphatic heterocycles. The van der Waals surface area contributed by atoms with Crippen LogP contribution in [0.1, 0.15) is 12.5 Å². The van der Waals surface area contributed by atoms with Crippen molar-refractivity contribution in [1.29, 1.82) is 0 Å². The number of morpholine rings is 1. The number of nitro benzene ring substituents is 1. The minimum absolute atomic E-state index is 0.0257. The van der Waals surface area contributed by atoms with Crippen LogP contribution < -0.4 is 15.6 Å². The molecule has 1 aromatic rings. The summed E-state index contributed by atoms with van der Waals surface area (Å²) in [6, 6.07) is 4.75. The Labute approximate surface area is 139 Å². The predicted molar refractivity (Wildman–Crippen MR) is 93.1 cm³/mol. The molecule has 2 rings (SSSR count). The molecule has 1 saturated heterocycles. The molecule has 0 atom stereocenters. The van der Waals surface area contributed by atoms with Crippen molar-refractivity contribution < 1.29 is 9.66 Å². The SMILES string of the molecule is CCNC(=S)N/N=C/c1cc([N+](=O)[O-])ccc1N1CCOCC1. The first-order chi connectivity index (χ1) is 11.1. The topological polar surface area (TPSA) is 92.0 Å². The molecule has 0 aliphatic carbocycles. The second-order valence-corrected chi connectivity index (χ2v) is 5.24. The molecule has 0 radical (unpaired) electrons. The summed E-state index contributed by atoms with van der Waals surface area (Å²) in [5.74, 6) is 0. The van der Waals surface area contributed by atoms with Crippen molar-refractivity contribution in [1.82, 2.24) is 10.7 Å². The van der Waals surface area contributed by atoms with Crippen molar-refractivity contribution in [3.8, 4) is 0 Å². The fourth-order valence-corrected chi connectivity index (χ4v) is 2.41. The molecular weight excluding hydrogens is 318 g/mol. The van der Waals surface area contributed by atoms with Gasteiger partial charge in [-0.05, 0) is 25.2 Å². The molecule has 0 amide bonds. The van der Waals surface area contributed by atoms with E-state index in [0.29, 0.717) is 30.4 Å². The van der Waals surface area contributed by atoms with Crippen LogP contribution >= 0.6 is 12.2 Å². The number of thiocarbonyl (C=S) groups is 1. The van der Waals surface area contributed by atoms with Gasteiger partial charge in [0.1, 0.15) is 0 Å². The first-order valence-electron chi connectivity index (χ1n) is 7.30. The van der Waals surface area contributed by atoms with E-state index in [0.717, 1.165) is 18.8 Å². The molecule has 124 valence electrons. The van der Waals surface area contributed by atoms with Crippen molar-refractivity contribution in [2.45, 2.75) is 6.92 Å². The summed E-state index contributed by atoms with van der Waals surface area (Å²) in [6.07, 6.45) is 1.54. The Morgan fingerprint density at radius 2 is 2.26 bits per heavy atom. The number of rotatable bonds is 5. The predicted octanol–water partition coefficient (Wildman–Crippen LogP) is 1.25. The largest absolute Gasteiger partial charge is 0.378 e. The maximum absolute atomic E-state index is 11.0. The molecule has 8 nitrogen and oxygen atoms in total. The zero-order valence-electron chi connectivity index (χ0n) is 12.8. The fourth-order valence-electron chi connectivity index (χ4n) is 2.21. The normalized spacial score (nSPS) is 14.7. The van der Waals surface area contributed by atoms with E-state index in [9.17, 15) is 10.1 Å². The lowest BCUT2D eigenvalue weighted by atomic mass is 10.1. The van der Waals surface area contributed by atoms with Gasteiger partial charge < -0.3 is 15.0 Å².